The number of carboxylic acid groups (broad SMARTS) is 1. The number of aliphatic hydroxyl groups is 1. The van der Waals surface area contributed by atoms with E-state index in [0.29, 0.717) is 5.56 Å². The number of nitrogens with one attached hydrogen (secondary N) is 2. The van der Waals surface area contributed by atoms with Gasteiger partial charge in [-0.05, 0) is 54.4 Å². The van der Waals surface area contributed by atoms with Crippen molar-refractivity contribution in [2.45, 2.75) is 64.3 Å². The van der Waals surface area contributed by atoms with Crippen LogP contribution >= 0.6 is 11.3 Å². The average molecular weight is 765 g/mol. The Morgan fingerprint density at radius 2 is 1.53 bits per heavy atom. The van der Waals surface area contributed by atoms with Crippen LogP contribution in [0.1, 0.15) is 52.0 Å². The molecule has 0 unspecified atom stereocenters. The van der Waals surface area contributed by atoms with E-state index < -0.39 is 67.3 Å². The largest absolute Gasteiger partial charge is 0.480 e. The monoisotopic (exact) mass is 764 g/mol. The van der Waals surface area contributed by atoms with E-state index in [1.807, 2.05) is 81.4 Å². The van der Waals surface area contributed by atoms with Crippen molar-refractivity contribution in [1.82, 2.24) is 15.2 Å². The number of hydrogen-bond donors (Lipinski definition) is 4. The highest BCUT2D eigenvalue weighted by molar-refractivity contribution is 7.13. The Morgan fingerprint density at radius 3 is 2.02 bits per heavy atom. The maximum absolute atomic E-state index is 14.9. The molecule has 0 saturated carbocycles. The van der Waals surface area contributed by atoms with Gasteiger partial charge in [-0.15, -0.1) is 11.3 Å². The minimum absolute atomic E-state index is 0.109. The first-order chi connectivity index (χ1) is 24.9. The van der Waals surface area contributed by atoms with E-state index in [4.69, 9.17) is 9.16 Å². The van der Waals surface area contributed by atoms with E-state index in [1.165, 1.54) is 24.6 Å². The van der Waals surface area contributed by atoms with E-state index in [9.17, 15) is 33.8 Å². The van der Waals surface area contributed by atoms with Crippen LogP contribution in [0, 0.1) is 5.82 Å². The number of aliphatic hydroxyl groups excluding tert-OH is 1. The standard InChI is InChI=1S/C38H45FN4O8SSi/c1-37(2,3)51-36(49)42-28-19-18-24(20-27(28)39)33-41-30(23-52-33)32(45)40-29(21-44)34(46)43(7)31(35(47)48)22-50-53(38(4,5)6,25-14-10-8-11-15-25)26-16-12-9-13-17-26/h8-20,23,29,31,44H,21-22H2,1-7H3,(H,40,45)(H,42,49)(H,47,48)/t29-,31-/m0/s1. The first-order valence-electron chi connectivity index (χ1n) is 16.8. The number of likely N-dealkylation sites (N-methyl/N-ethyl adjacent to an activating group) is 1. The molecule has 15 heteroatoms. The molecule has 3 aromatic carbocycles. The second-order valence-electron chi connectivity index (χ2n) is 14.3. The summed E-state index contributed by atoms with van der Waals surface area (Å²) in [6.07, 6.45) is -0.822. The number of carboxylic acids is 1. The number of thiazole rings is 1. The lowest BCUT2D eigenvalue weighted by Gasteiger charge is -2.44. The van der Waals surface area contributed by atoms with Crippen LogP contribution < -0.4 is 21.0 Å². The van der Waals surface area contributed by atoms with E-state index >= 15 is 0 Å². The van der Waals surface area contributed by atoms with Gasteiger partial charge in [0.25, 0.3) is 14.2 Å². The van der Waals surface area contributed by atoms with Gasteiger partial charge >= 0.3 is 12.1 Å². The highest BCUT2D eigenvalue weighted by atomic mass is 32.1. The third-order valence-electron chi connectivity index (χ3n) is 8.35. The zero-order valence-electron chi connectivity index (χ0n) is 30.7. The molecule has 4 N–H and O–H groups in total. The normalized spacial score (nSPS) is 13.1. The van der Waals surface area contributed by atoms with Gasteiger partial charge in [0.2, 0.25) is 5.91 Å². The average Bonchev–Trinajstić information content (AvgIpc) is 3.59. The number of aliphatic carboxylic acids is 1. The summed E-state index contributed by atoms with van der Waals surface area (Å²) >= 11 is 1.03. The molecule has 0 bridgehead atoms. The molecule has 0 saturated heterocycles. The van der Waals surface area contributed by atoms with Crippen molar-refractivity contribution < 1.29 is 42.9 Å². The number of aromatic nitrogens is 1. The zero-order chi connectivity index (χ0) is 39.1. The Labute approximate surface area is 313 Å². The lowest BCUT2D eigenvalue weighted by atomic mass is 10.2. The van der Waals surface area contributed by atoms with Crippen molar-refractivity contribution in [3.63, 3.8) is 0 Å². The first kappa shape index (κ1) is 40.8. The van der Waals surface area contributed by atoms with Gasteiger partial charge in [0.15, 0.2) is 6.04 Å². The molecule has 0 spiro atoms. The van der Waals surface area contributed by atoms with Gasteiger partial charge in [-0.2, -0.15) is 0 Å². The maximum Gasteiger partial charge on any atom is 0.412 e. The number of rotatable bonds is 13. The molecular formula is C38H45FN4O8SSi. The van der Waals surface area contributed by atoms with Gasteiger partial charge in [-0.3, -0.25) is 14.9 Å². The van der Waals surface area contributed by atoms with Gasteiger partial charge < -0.3 is 29.6 Å². The molecule has 4 rings (SSSR count). The maximum atomic E-state index is 14.9. The van der Waals surface area contributed by atoms with E-state index in [0.717, 1.165) is 32.7 Å². The van der Waals surface area contributed by atoms with E-state index in [1.54, 1.807) is 20.8 Å². The number of halogens is 1. The van der Waals surface area contributed by atoms with Crippen LogP contribution in [-0.4, -0.2) is 90.2 Å². The molecule has 12 nitrogen and oxygen atoms in total. The molecule has 0 radical (unpaired) electrons. The van der Waals surface area contributed by atoms with Crippen molar-refractivity contribution in [3.8, 4) is 10.6 Å². The number of anilines is 1. The van der Waals surface area contributed by atoms with E-state index in [2.05, 4.69) is 15.6 Å². The third-order valence-corrected chi connectivity index (χ3v) is 14.2. The van der Waals surface area contributed by atoms with Crippen molar-refractivity contribution in [3.05, 3.63) is 95.8 Å². The van der Waals surface area contributed by atoms with Crippen molar-refractivity contribution in [1.29, 1.82) is 0 Å². The lowest BCUT2D eigenvalue weighted by Crippen LogP contribution is -2.68. The van der Waals surface area contributed by atoms with Crippen LogP contribution in [0.2, 0.25) is 5.04 Å². The van der Waals surface area contributed by atoms with Crippen molar-refractivity contribution in [2.75, 3.05) is 25.6 Å². The molecule has 0 aliphatic carbocycles. The summed E-state index contributed by atoms with van der Waals surface area (Å²) in [7, 11) is -1.89. The van der Waals surface area contributed by atoms with Gasteiger partial charge in [0, 0.05) is 18.0 Å². The highest BCUT2D eigenvalue weighted by Gasteiger charge is 2.51. The Bertz CT molecular complexity index is 1870. The Hall–Kier alpha value is -4.96. The predicted molar refractivity (Wildman–Crippen MR) is 203 cm³/mol. The smallest absolute Gasteiger partial charge is 0.412 e. The SMILES string of the molecule is CN(C(=O)[C@H](CO)NC(=O)c1csc(-c2ccc(NC(=O)OC(C)(C)C)c(F)c2)n1)[C@@H](CO[Si](c1ccccc1)(c1ccccc1)C(C)(C)C)C(=O)O. The van der Waals surface area contributed by atoms with Gasteiger partial charge in [0.05, 0.1) is 18.9 Å². The third kappa shape index (κ3) is 9.73. The number of carbonyl (C=O) groups excluding carboxylic acids is 3. The van der Waals surface area contributed by atoms with E-state index in [-0.39, 0.29) is 23.0 Å². The molecule has 3 amide bonds. The van der Waals surface area contributed by atoms with Gasteiger partial charge in [-0.25, -0.2) is 19.0 Å². The van der Waals surface area contributed by atoms with Crippen LogP contribution in [-0.2, 0) is 18.8 Å². The fraction of sp³-hybridized carbons (Fsp3) is 0.342. The summed E-state index contributed by atoms with van der Waals surface area (Å²) in [5.74, 6) is -3.75. The number of nitrogens with zero attached hydrogens (tertiary/aromatic N) is 2. The number of hydrogen-bond acceptors (Lipinski definition) is 9. The summed E-state index contributed by atoms with van der Waals surface area (Å²) in [6.45, 7) is 9.97. The second kappa shape index (κ2) is 16.8. The number of amides is 3. The van der Waals surface area contributed by atoms with Crippen molar-refractivity contribution >= 4 is 59.6 Å². The molecule has 0 aliphatic heterocycles. The number of ether oxygens (including phenoxy) is 1. The van der Waals surface area contributed by atoms with Crippen LogP contribution in [0.5, 0.6) is 0 Å². The first-order valence-corrected chi connectivity index (χ1v) is 19.6. The molecule has 1 heterocycles. The highest BCUT2D eigenvalue weighted by Crippen LogP contribution is 2.37. The number of benzene rings is 3. The summed E-state index contributed by atoms with van der Waals surface area (Å²) < 4.78 is 26.8. The Kier molecular flexibility index (Phi) is 12.9. The number of carbonyl (C=O) groups is 4. The molecular weight excluding hydrogens is 720 g/mol. The Morgan fingerprint density at radius 1 is 0.943 bits per heavy atom. The predicted octanol–water partition coefficient (Wildman–Crippen LogP) is 4.88. The Balaban J connectivity index is 1.50. The summed E-state index contributed by atoms with van der Waals surface area (Å²) in [4.78, 5) is 56.8. The quantitative estimate of drug-likeness (QED) is 0.139. The fourth-order valence-electron chi connectivity index (χ4n) is 5.81. The zero-order valence-corrected chi connectivity index (χ0v) is 32.5. The molecule has 1 aromatic heterocycles. The van der Waals surface area contributed by atoms with Crippen LogP contribution in [0.3, 0.4) is 0 Å². The lowest BCUT2D eigenvalue weighted by molar-refractivity contribution is -0.151. The topological polar surface area (TPSA) is 167 Å². The minimum atomic E-state index is -3.17. The molecule has 0 fully saturated rings. The van der Waals surface area contributed by atoms with Gasteiger partial charge in [0.1, 0.15) is 28.2 Å². The molecule has 282 valence electrons. The summed E-state index contributed by atoms with van der Waals surface area (Å²) in [5.41, 5.74) is -0.672. The second-order valence-corrected chi connectivity index (χ2v) is 19.5. The molecule has 53 heavy (non-hydrogen) atoms. The van der Waals surface area contributed by atoms with Crippen LogP contribution in [0.15, 0.2) is 84.2 Å². The fourth-order valence-corrected chi connectivity index (χ4v) is 11.2. The molecule has 0 aliphatic rings. The molecule has 4 aromatic rings. The summed E-state index contributed by atoms with van der Waals surface area (Å²) in [5, 5.41) is 28.3. The van der Waals surface area contributed by atoms with Crippen LogP contribution in [0.25, 0.3) is 10.6 Å². The minimum Gasteiger partial charge on any atom is -0.480 e. The van der Waals surface area contributed by atoms with Crippen molar-refractivity contribution in [2.24, 2.45) is 0 Å². The van der Waals surface area contributed by atoms with Crippen LogP contribution in [0.4, 0.5) is 14.9 Å². The molecule has 2 atom stereocenters. The summed E-state index contributed by atoms with van der Waals surface area (Å²) in [6, 6.07) is 20.3. The van der Waals surface area contributed by atoms with Gasteiger partial charge in [-0.1, -0.05) is 81.4 Å².